The molecule has 3 N–H and O–H groups in total. The summed E-state index contributed by atoms with van der Waals surface area (Å²) in [4.78, 5) is 15.8. The second-order valence-electron chi connectivity index (χ2n) is 5.78. The number of amides is 1. The Morgan fingerprint density at radius 2 is 2.04 bits per heavy atom. The highest BCUT2D eigenvalue weighted by Crippen LogP contribution is 2.37. The molecule has 0 aromatic carbocycles. The van der Waals surface area contributed by atoms with Gasteiger partial charge in [0.2, 0.25) is 5.91 Å². The van der Waals surface area contributed by atoms with Crippen LogP contribution in [-0.2, 0) is 9.53 Å². The topological polar surface area (TPSA) is 74.8 Å². The zero-order valence-electron chi connectivity index (χ0n) is 14.2. The smallest absolute Gasteiger partial charge is 0.383 e. The average Bonchev–Trinajstić information content (AvgIpc) is 2.52. The van der Waals surface area contributed by atoms with Crippen LogP contribution in [-0.4, -0.2) is 57.4 Å². The van der Waals surface area contributed by atoms with Crippen LogP contribution >= 0.6 is 0 Å². The standard InChI is InChI=1S/C15H27F3N4O2/c1-3-19-14(21-10-13(23)20-7-8-24-2)22-12-6-4-5-11(9-12)15(16,17)18/h11-12H,3-10H2,1-2H3,(H,20,23)(H2,19,21,22). The monoisotopic (exact) mass is 352 g/mol. The fourth-order valence-corrected chi connectivity index (χ4v) is 2.63. The third kappa shape index (κ3) is 7.85. The van der Waals surface area contributed by atoms with Gasteiger partial charge in [-0.2, -0.15) is 13.2 Å². The first-order chi connectivity index (χ1) is 11.4. The van der Waals surface area contributed by atoms with Crippen molar-refractivity contribution in [1.29, 1.82) is 0 Å². The molecule has 0 spiro atoms. The minimum Gasteiger partial charge on any atom is -0.383 e. The van der Waals surface area contributed by atoms with Crippen LogP contribution in [0.1, 0.15) is 32.6 Å². The van der Waals surface area contributed by atoms with Gasteiger partial charge in [0.1, 0.15) is 6.54 Å². The predicted octanol–water partition coefficient (Wildman–Crippen LogP) is 1.43. The molecule has 1 aliphatic carbocycles. The number of rotatable bonds is 7. The van der Waals surface area contributed by atoms with Gasteiger partial charge in [-0.25, -0.2) is 4.99 Å². The molecule has 0 aromatic heterocycles. The van der Waals surface area contributed by atoms with E-state index in [9.17, 15) is 18.0 Å². The van der Waals surface area contributed by atoms with Gasteiger partial charge in [0.25, 0.3) is 0 Å². The summed E-state index contributed by atoms with van der Waals surface area (Å²) in [6.07, 6.45) is -2.75. The summed E-state index contributed by atoms with van der Waals surface area (Å²) < 4.78 is 43.4. The van der Waals surface area contributed by atoms with Crippen molar-refractivity contribution < 1.29 is 22.7 Å². The largest absolute Gasteiger partial charge is 0.391 e. The third-order valence-corrected chi connectivity index (χ3v) is 3.83. The maximum Gasteiger partial charge on any atom is 0.391 e. The number of alkyl halides is 3. The average molecular weight is 352 g/mol. The van der Waals surface area contributed by atoms with Crippen molar-refractivity contribution in [1.82, 2.24) is 16.0 Å². The number of hydrogen-bond donors (Lipinski definition) is 3. The summed E-state index contributed by atoms with van der Waals surface area (Å²) in [5, 5.41) is 8.61. The summed E-state index contributed by atoms with van der Waals surface area (Å²) in [7, 11) is 1.54. The molecule has 0 radical (unpaired) electrons. The van der Waals surface area contributed by atoms with Gasteiger partial charge in [0, 0.05) is 26.2 Å². The van der Waals surface area contributed by atoms with Crippen molar-refractivity contribution in [3.63, 3.8) is 0 Å². The lowest BCUT2D eigenvalue weighted by Crippen LogP contribution is -2.47. The number of nitrogens with zero attached hydrogens (tertiary/aromatic N) is 1. The summed E-state index contributed by atoms with van der Waals surface area (Å²) in [6, 6.07) is -0.292. The Hall–Kier alpha value is -1.51. The summed E-state index contributed by atoms with van der Waals surface area (Å²) in [6.45, 7) is 3.13. The van der Waals surface area contributed by atoms with Crippen molar-refractivity contribution in [2.45, 2.75) is 44.8 Å². The molecule has 1 amide bonds. The maximum absolute atomic E-state index is 12.9. The number of carbonyl (C=O) groups excluding carboxylic acids is 1. The molecule has 2 atom stereocenters. The third-order valence-electron chi connectivity index (χ3n) is 3.83. The lowest BCUT2D eigenvalue weighted by molar-refractivity contribution is -0.183. The Morgan fingerprint density at radius 3 is 2.67 bits per heavy atom. The highest BCUT2D eigenvalue weighted by atomic mass is 19.4. The lowest BCUT2D eigenvalue weighted by atomic mass is 9.85. The van der Waals surface area contributed by atoms with Crippen LogP contribution in [0.15, 0.2) is 4.99 Å². The highest BCUT2D eigenvalue weighted by molar-refractivity contribution is 5.85. The van der Waals surface area contributed by atoms with E-state index in [1.54, 1.807) is 0 Å². The molecule has 1 aliphatic rings. The van der Waals surface area contributed by atoms with Crippen LogP contribution in [0.4, 0.5) is 13.2 Å². The van der Waals surface area contributed by atoms with Crippen molar-refractivity contribution in [3.8, 4) is 0 Å². The Morgan fingerprint density at radius 1 is 1.29 bits per heavy atom. The number of nitrogens with one attached hydrogen (secondary N) is 3. The van der Waals surface area contributed by atoms with Crippen LogP contribution in [0.5, 0.6) is 0 Å². The Balaban J connectivity index is 2.52. The van der Waals surface area contributed by atoms with Gasteiger partial charge < -0.3 is 20.7 Å². The predicted molar refractivity (Wildman–Crippen MR) is 85.8 cm³/mol. The molecule has 0 bridgehead atoms. The van der Waals surface area contributed by atoms with E-state index in [4.69, 9.17) is 4.74 Å². The number of halogens is 3. The summed E-state index contributed by atoms with van der Waals surface area (Å²) in [5.41, 5.74) is 0. The van der Waals surface area contributed by atoms with E-state index in [1.165, 1.54) is 7.11 Å². The van der Waals surface area contributed by atoms with E-state index in [0.717, 1.165) is 0 Å². The van der Waals surface area contributed by atoms with Crippen LogP contribution < -0.4 is 16.0 Å². The van der Waals surface area contributed by atoms with Crippen LogP contribution in [0, 0.1) is 5.92 Å². The molecule has 24 heavy (non-hydrogen) atoms. The number of ether oxygens (including phenoxy) is 1. The number of guanidine groups is 1. The molecule has 0 heterocycles. The first kappa shape index (κ1) is 20.5. The number of hydrogen-bond acceptors (Lipinski definition) is 3. The van der Waals surface area contributed by atoms with Gasteiger partial charge in [0.15, 0.2) is 5.96 Å². The molecule has 2 unspecified atom stereocenters. The molecule has 0 saturated heterocycles. The van der Waals surface area contributed by atoms with Crippen molar-refractivity contribution in [2.75, 3.05) is 33.4 Å². The molecule has 0 aliphatic heterocycles. The van der Waals surface area contributed by atoms with Gasteiger partial charge in [-0.1, -0.05) is 6.42 Å². The fourth-order valence-electron chi connectivity index (χ4n) is 2.63. The normalized spacial score (nSPS) is 22.1. The Bertz CT molecular complexity index is 416. The number of carbonyl (C=O) groups is 1. The van der Waals surface area contributed by atoms with E-state index < -0.39 is 12.1 Å². The van der Waals surface area contributed by atoms with E-state index in [1.807, 2.05) is 6.92 Å². The maximum atomic E-state index is 12.9. The molecule has 1 fully saturated rings. The molecule has 0 aromatic rings. The molecule has 1 rings (SSSR count). The van der Waals surface area contributed by atoms with Crippen molar-refractivity contribution in [3.05, 3.63) is 0 Å². The SMILES string of the molecule is CCNC(=NCC(=O)NCCOC)NC1CCCC(C(F)(F)F)C1. The van der Waals surface area contributed by atoms with Crippen molar-refractivity contribution >= 4 is 11.9 Å². The van der Waals surface area contributed by atoms with Gasteiger partial charge in [-0.15, -0.1) is 0 Å². The fraction of sp³-hybridized carbons (Fsp3) is 0.867. The van der Waals surface area contributed by atoms with E-state index >= 15 is 0 Å². The van der Waals surface area contributed by atoms with Crippen LogP contribution in [0.25, 0.3) is 0 Å². The molecule has 140 valence electrons. The summed E-state index contributed by atoms with van der Waals surface area (Å²) in [5.74, 6) is -1.17. The van der Waals surface area contributed by atoms with Gasteiger partial charge in [0.05, 0.1) is 12.5 Å². The van der Waals surface area contributed by atoms with Crippen LogP contribution in [0.3, 0.4) is 0 Å². The van der Waals surface area contributed by atoms with Crippen molar-refractivity contribution in [2.24, 2.45) is 10.9 Å². The summed E-state index contributed by atoms with van der Waals surface area (Å²) >= 11 is 0. The van der Waals surface area contributed by atoms with E-state index in [2.05, 4.69) is 20.9 Å². The molecule has 1 saturated carbocycles. The quantitative estimate of drug-likeness (QED) is 0.368. The van der Waals surface area contributed by atoms with Crippen LogP contribution in [0.2, 0.25) is 0 Å². The second-order valence-corrected chi connectivity index (χ2v) is 5.78. The number of aliphatic imine (C=N–C) groups is 1. The van der Waals surface area contributed by atoms with Gasteiger partial charge in [-0.3, -0.25) is 4.79 Å². The minimum atomic E-state index is -4.16. The zero-order chi connectivity index (χ0) is 18.0. The first-order valence-corrected chi connectivity index (χ1v) is 8.24. The zero-order valence-corrected chi connectivity index (χ0v) is 14.2. The molecular weight excluding hydrogens is 325 g/mol. The highest BCUT2D eigenvalue weighted by Gasteiger charge is 2.42. The van der Waals surface area contributed by atoms with E-state index in [0.29, 0.717) is 38.5 Å². The second kappa shape index (κ2) is 10.4. The Labute approximate surface area is 140 Å². The van der Waals surface area contributed by atoms with Gasteiger partial charge in [-0.05, 0) is 26.2 Å². The number of methoxy groups -OCH3 is 1. The van der Waals surface area contributed by atoms with Gasteiger partial charge >= 0.3 is 6.18 Å². The molecular formula is C15H27F3N4O2. The lowest BCUT2D eigenvalue weighted by Gasteiger charge is -2.31. The minimum absolute atomic E-state index is 0.0357. The van der Waals surface area contributed by atoms with E-state index in [-0.39, 0.29) is 31.3 Å². The first-order valence-electron chi connectivity index (χ1n) is 8.24. The molecule has 6 nitrogen and oxygen atoms in total. The molecule has 9 heteroatoms. The Kier molecular flexibility index (Phi) is 8.88.